The molecule has 1 amide bonds. The van der Waals surface area contributed by atoms with Gasteiger partial charge in [0.05, 0.1) is 13.0 Å². The molecule has 22 heavy (non-hydrogen) atoms. The van der Waals surface area contributed by atoms with Crippen LogP contribution in [-0.4, -0.2) is 32.5 Å². The van der Waals surface area contributed by atoms with Crippen LogP contribution in [0.25, 0.3) is 5.65 Å². The molecule has 0 fully saturated rings. The van der Waals surface area contributed by atoms with Crippen LogP contribution in [0.1, 0.15) is 11.4 Å². The molecule has 112 valence electrons. The highest BCUT2D eigenvalue weighted by atomic mass is 79.9. The first kappa shape index (κ1) is 14.7. The van der Waals surface area contributed by atoms with Gasteiger partial charge < -0.3 is 4.90 Å². The Hall–Kier alpha value is -2.21. The number of benzene rings is 1. The van der Waals surface area contributed by atoms with Crippen LogP contribution in [0.3, 0.4) is 0 Å². The van der Waals surface area contributed by atoms with Crippen molar-refractivity contribution in [2.24, 2.45) is 0 Å². The lowest BCUT2D eigenvalue weighted by Gasteiger charge is -2.16. The van der Waals surface area contributed by atoms with Crippen LogP contribution in [0.4, 0.5) is 0 Å². The molecule has 0 aliphatic carbocycles. The van der Waals surface area contributed by atoms with Gasteiger partial charge in [-0.25, -0.2) is 0 Å². The molecule has 6 heteroatoms. The van der Waals surface area contributed by atoms with Crippen LogP contribution in [-0.2, 0) is 17.8 Å². The number of carbonyl (C=O) groups excluding carboxylic acids is 1. The maximum atomic E-state index is 12.3. The zero-order chi connectivity index (χ0) is 15.5. The Morgan fingerprint density at radius 2 is 1.95 bits per heavy atom. The third-order valence-corrected chi connectivity index (χ3v) is 3.99. The minimum absolute atomic E-state index is 0.0509. The molecule has 0 spiro atoms. The van der Waals surface area contributed by atoms with Gasteiger partial charge in [-0.3, -0.25) is 9.20 Å². The molecule has 2 aromatic heterocycles. The average molecular weight is 359 g/mol. The summed E-state index contributed by atoms with van der Waals surface area (Å²) in [6.07, 6.45) is 2.28. The molecule has 3 aromatic rings. The van der Waals surface area contributed by atoms with Gasteiger partial charge in [0.25, 0.3) is 0 Å². The monoisotopic (exact) mass is 358 g/mol. The summed E-state index contributed by atoms with van der Waals surface area (Å²) in [4.78, 5) is 14.0. The first-order valence-corrected chi connectivity index (χ1v) is 7.70. The number of amides is 1. The second kappa shape index (κ2) is 6.27. The third kappa shape index (κ3) is 3.17. The zero-order valence-corrected chi connectivity index (χ0v) is 13.7. The Kier molecular flexibility index (Phi) is 4.20. The number of fused-ring (bicyclic) bond motifs is 1. The molecule has 0 unspecified atom stereocenters. The van der Waals surface area contributed by atoms with E-state index in [2.05, 4.69) is 26.1 Å². The molecule has 0 aliphatic rings. The van der Waals surface area contributed by atoms with Crippen LogP contribution in [0.15, 0.2) is 53.1 Å². The Labute approximate surface area is 136 Å². The lowest BCUT2D eigenvalue weighted by atomic mass is 10.1. The Balaban J connectivity index is 1.69. The summed E-state index contributed by atoms with van der Waals surface area (Å²) in [6.45, 7) is 0.431. The fourth-order valence-electron chi connectivity index (χ4n) is 2.21. The van der Waals surface area contributed by atoms with Crippen molar-refractivity contribution in [1.82, 2.24) is 19.5 Å². The van der Waals surface area contributed by atoms with E-state index in [-0.39, 0.29) is 5.91 Å². The van der Waals surface area contributed by atoms with Crippen molar-refractivity contribution in [2.75, 3.05) is 7.05 Å². The SMILES string of the molecule is CN(Cc1nnc2ccccn12)C(=O)Cc1ccc(Br)cc1. The summed E-state index contributed by atoms with van der Waals surface area (Å²) in [5.74, 6) is 0.803. The van der Waals surface area contributed by atoms with Gasteiger partial charge in [0.15, 0.2) is 11.5 Å². The molecule has 0 atom stereocenters. The van der Waals surface area contributed by atoms with Gasteiger partial charge in [0, 0.05) is 17.7 Å². The highest BCUT2D eigenvalue weighted by molar-refractivity contribution is 9.10. The summed E-state index contributed by atoms with van der Waals surface area (Å²) < 4.78 is 2.90. The van der Waals surface area contributed by atoms with Crippen molar-refractivity contribution < 1.29 is 4.79 Å². The summed E-state index contributed by atoms with van der Waals surface area (Å²) in [5, 5.41) is 8.24. The number of aromatic nitrogens is 3. The number of nitrogens with zero attached hydrogens (tertiary/aromatic N) is 4. The van der Waals surface area contributed by atoms with E-state index in [1.54, 1.807) is 11.9 Å². The zero-order valence-electron chi connectivity index (χ0n) is 12.1. The van der Waals surface area contributed by atoms with Crippen LogP contribution >= 0.6 is 15.9 Å². The molecular formula is C16H15BrN4O. The third-order valence-electron chi connectivity index (χ3n) is 3.46. The standard InChI is InChI=1S/C16H15BrN4O/c1-20(16(22)10-12-5-7-13(17)8-6-12)11-15-19-18-14-4-2-3-9-21(14)15/h2-9H,10-11H2,1H3. The second-order valence-electron chi connectivity index (χ2n) is 5.10. The minimum atomic E-state index is 0.0509. The number of halogens is 1. The molecule has 5 nitrogen and oxygen atoms in total. The number of hydrogen-bond acceptors (Lipinski definition) is 3. The smallest absolute Gasteiger partial charge is 0.227 e. The highest BCUT2D eigenvalue weighted by Gasteiger charge is 2.13. The predicted octanol–water partition coefficient (Wildman–Crippen LogP) is 2.69. The van der Waals surface area contributed by atoms with Crippen molar-refractivity contribution in [2.45, 2.75) is 13.0 Å². The molecule has 1 aromatic carbocycles. The predicted molar refractivity (Wildman–Crippen MR) is 87.3 cm³/mol. The first-order chi connectivity index (χ1) is 10.6. The van der Waals surface area contributed by atoms with Crippen LogP contribution < -0.4 is 0 Å². The number of likely N-dealkylation sites (N-methyl/N-ethyl adjacent to an activating group) is 1. The normalized spacial score (nSPS) is 10.8. The van der Waals surface area contributed by atoms with Crippen LogP contribution in [0.2, 0.25) is 0 Å². The molecule has 0 bridgehead atoms. The molecular weight excluding hydrogens is 344 g/mol. The van der Waals surface area contributed by atoms with Crippen molar-refractivity contribution >= 4 is 27.5 Å². The van der Waals surface area contributed by atoms with E-state index in [0.717, 1.165) is 21.5 Å². The van der Waals surface area contributed by atoms with Gasteiger partial charge in [-0.1, -0.05) is 34.1 Å². The van der Waals surface area contributed by atoms with E-state index in [9.17, 15) is 4.79 Å². The Bertz CT molecular complexity index is 797. The Morgan fingerprint density at radius 3 is 2.73 bits per heavy atom. The van der Waals surface area contributed by atoms with Crippen molar-refractivity contribution in [3.63, 3.8) is 0 Å². The molecule has 0 saturated heterocycles. The summed E-state index contributed by atoms with van der Waals surface area (Å²) in [6, 6.07) is 13.5. The fraction of sp³-hybridized carbons (Fsp3) is 0.188. The summed E-state index contributed by atoms with van der Waals surface area (Å²) >= 11 is 3.39. The maximum absolute atomic E-state index is 12.3. The van der Waals surface area contributed by atoms with Gasteiger partial charge in [-0.05, 0) is 29.8 Å². The van der Waals surface area contributed by atoms with E-state index in [0.29, 0.717) is 13.0 Å². The lowest BCUT2D eigenvalue weighted by molar-refractivity contribution is -0.129. The topological polar surface area (TPSA) is 50.5 Å². The summed E-state index contributed by atoms with van der Waals surface area (Å²) in [5.41, 5.74) is 1.78. The summed E-state index contributed by atoms with van der Waals surface area (Å²) in [7, 11) is 1.78. The van der Waals surface area contributed by atoms with E-state index >= 15 is 0 Å². The van der Waals surface area contributed by atoms with E-state index in [4.69, 9.17) is 0 Å². The van der Waals surface area contributed by atoms with Gasteiger partial charge in [-0.15, -0.1) is 10.2 Å². The van der Waals surface area contributed by atoms with Gasteiger partial charge >= 0.3 is 0 Å². The number of hydrogen-bond donors (Lipinski definition) is 0. The number of carbonyl (C=O) groups is 1. The molecule has 0 N–H and O–H groups in total. The Morgan fingerprint density at radius 1 is 1.18 bits per heavy atom. The van der Waals surface area contributed by atoms with Crippen molar-refractivity contribution in [3.05, 3.63) is 64.5 Å². The highest BCUT2D eigenvalue weighted by Crippen LogP contribution is 2.12. The molecule has 3 rings (SSSR count). The molecule has 0 saturated carbocycles. The molecule has 0 radical (unpaired) electrons. The second-order valence-corrected chi connectivity index (χ2v) is 6.01. The first-order valence-electron chi connectivity index (χ1n) is 6.90. The van der Waals surface area contributed by atoms with Gasteiger partial charge in [-0.2, -0.15) is 0 Å². The van der Waals surface area contributed by atoms with Crippen LogP contribution in [0.5, 0.6) is 0 Å². The van der Waals surface area contributed by atoms with E-state index in [1.165, 1.54) is 0 Å². The van der Waals surface area contributed by atoms with E-state index in [1.807, 2.05) is 53.1 Å². The maximum Gasteiger partial charge on any atom is 0.227 e. The number of pyridine rings is 1. The van der Waals surface area contributed by atoms with E-state index < -0.39 is 0 Å². The minimum Gasteiger partial charge on any atom is -0.338 e. The van der Waals surface area contributed by atoms with Crippen molar-refractivity contribution in [3.8, 4) is 0 Å². The van der Waals surface area contributed by atoms with Crippen molar-refractivity contribution in [1.29, 1.82) is 0 Å². The average Bonchev–Trinajstić information content (AvgIpc) is 2.93. The lowest BCUT2D eigenvalue weighted by Crippen LogP contribution is -2.28. The largest absolute Gasteiger partial charge is 0.338 e. The quantitative estimate of drug-likeness (QED) is 0.720. The number of rotatable bonds is 4. The van der Waals surface area contributed by atoms with Gasteiger partial charge in [0.2, 0.25) is 5.91 Å². The van der Waals surface area contributed by atoms with Gasteiger partial charge in [0.1, 0.15) is 0 Å². The molecule has 0 aliphatic heterocycles. The molecule has 2 heterocycles. The van der Waals surface area contributed by atoms with Crippen LogP contribution in [0, 0.1) is 0 Å². The fourth-order valence-corrected chi connectivity index (χ4v) is 2.48.